The lowest BCUT2D eigenvalue weighted by molar-refractivity contribution is -0.136. The van der Waals surface area contributed by atoms with Crippen LogP contribution in [0.4, 0.5) is 10.5 Å². The first-order valence-electron chi connectivity index (χ1n) is 12.7. The third-order valence-electron chi connectivity index (χ3n) is 6.55. The number of phenols is 1. The minimum Gasteiger partial charge on any atom is -0.506 e. The number of phenolic OH excluding ortho intramolecular Hbond substituents is 1. The van der Waals surface area contributed by atoms with Gasteiger partial charge in [0.05, 0.1) is 26.4 Å². The molecular formula is C26H39Cl2N3O5S. The van der Waals surface area contributed by atoms with E-state index in [2.05, 4.69) is 0 Å². The number of hydrogen-bond acceptors (Lipinski definition) is 5. The normalized spacial score (nSPS) is 20.2. The molecule has 2 fully saturated rings. The maximum absolute atomic E-state index is 13.4. The van der Waals surface area contributed by atoms with Crippen LogP contribution in [0.3, 0.4) is 0 Å². The van der Waals surface area contributed by atoms with E-state index < -0.39 is 21.3 Å². The second-order valence-corrected chi connectivity index (χ2v) is 14.8. The summed E-state index contributed by atoms with van der Waals surface area (Å²) in [5.74, 6) is -0.0506. The Bertz CT molecular complexity index is 1030. The number of nitrogens with zero attached hydrogens (tertiary/aromatic N) is 3. The summed E-state index contributed by atoms with van der Waals surface area (Å²) in [4.78, 5) is 29.1. The summed E-state index contributed by atoms with van der Waals surface area (Å²) in [6, 6.07) is 2.92. The Hall–Kier alpha value is -1.71. The molecule has 2 aliphatic rings. The first-order chi connectivity index (χ1) is 17.1. The molecule has 0 bridgehead atoms. The second-order valence-electron chi connectivity index (χ2n) is 11.9. The van der Waals surface area contributed by atoms with Crippen LogP contribution in [-0.4, -0.2) is 74.2 Å². The van der Waals surface area contributed by atoms with E-state index in [9.17, 15) is 18.9 Å². The highest BCUT2D eigenvalue weighted by molar-refractivity contribution is 7.87. The Morgan fingerprint density at radius 1 is 1.03 bits per heavy atom. The van der Waals surface area contributed by atoms with E-state index in [-0.39, 0.29) is 39.6 Å². The lowest BCUT2D eigenvalue weighted by Crippen LogP contribution is -2.46. The van der Waals surface area contributed by atoms with Gasteiger partial charge in [0, 0.05) is 38.8 Å². The van der Waals surface area contributed by atoms with Crippen LogP contribution in [0, 0.1) is 11.8 Å². The summed E-state index contributed by atoms with van der Waals surface area (Å²) in [6.45, 7) is 13.7. The van der Waals surface area contributed by atoms with Gasteiger partial charge in [-0.15, -0.1) is 0 Å². The van der Waals surface area contributed by atoms with Gasteiger partial charge in [0.2, 0.25) is 5.91 Å². The number of hydrogen-bond donors (Lipinski definition) is 1. The lowest BCUT2D eigenvalue weighted by atomic mass is 9.95. The second kappa shape index (κ2) is 11.6. The van der Waals surface area contributed by atoms with Crippen LogP contribution in [0.2, 0.25) is 10.0 Å². The fourth-order valence-electron chi connectivity index (χ4n) is 4.59. The van der Waals surface area contributed by atoms with Gasteiger partial charge in [-0.2, -0.15) is 0 Å². The highest BCUT2D eigenvalue weighted by Gasteiger charge is 2.37. The van der Waals surface area contributed by atoms with Gasteiger partial charge < -0.3 is 19.6 Å². The summed E-state index contributed by atoms with van der Waals surface area (Å²) >= 11 is 12.3. The van der Waals surface area contributed by atoms with Crippen molar-refractivity contribution >= 4 is 51.9 Å². The van der Waals surface area contributed by atoms with Gasteiger partial charge in [-0.3, -0.25) is 9.10 Å². The van der Waals surface area contributed by atoms with Crippen molar-refractivity contribution in [3.05, 3.63) is 22.2 Å². The quantitative estimate of drug-likeness (QED) is 0.503. The Morgan fingerprint density at radius 3 is 2.16 bits per heavy atom. The Labute approximate surface area is 232 Å². The van der Waals surface area contributed by atoms with Crippen molar-refractivity contribution in [3.8, 4) is 5.75 Å². The fourth-order valence-corrected chi connectivity index (χ4v) is 6.24. The molecule has 1 aromatic carbocycles. The standard InChI is InChI=1S/C26H39Cl2N3O5S/c1-25(2,3)36-24(34)30-12-9-18(16-30)23(33)29-10-7-17(8-11-29)15-31(37(35)26(4,5)6)21-13-19(27)20(28)14-22(21)32/h13-14,17-18,32H,7-12,15-16H2,1-6H3/t18-,37?/m1/s1. The smallest absolute Gasteiger partial charge is 0.410 e. The SMILES string of the molecule is CC(C)(C)OC(=O)N1CC[C@@H](C(=O)N2CCC(CN(c3cc(Cl)c(Cl)cc3O)S(=O)C(C)(C)C)CC2)C1. The lowest BCUT2D eigenvalue weighted by Gasteiger charge is -2.38. The van der Waals surface area contributed by atoms with E-state index in [4.69, 9.17) is 27.9 Å². The van der Waals surface area contributed by atoms with Gasteiger partial charge in [-0.25, -0.2) is 9.00 Å². The Morgan fingerprint density at radius 2 is 1.59 bits per heavy atom. The number of halogens is 2. The molecular weight excluding hydrogens is 537 g/mol. The molecule has 0 aliphatic carbocycles. The van der Waals surface area contributed by atoms with Gasteiger partial charge >= 0.3 is 6.09 Å². The average molecular weight is 577 g/mol. The van der Waals surface area contributed by atoms with E-state index in [1.165, 1.54) is 6.07 Å². The monoisotopic (exact) mass is 575 g/mol. The van der Waals surface area contributed by atoms with Gasteiger partial charge in [-0.05, 0) is 72.8 Å². The summed E-state index contributed by atoms with van der Waals surface area (Å²) in [6.07, 6.45) is 1.74. The van der Waals surface area contributed by atoms with E-state index >= 15 is 0 Å². The van der Waals surface area contributed by atoms with Crippen molar-refractivity contribution in [2.45, 2.75) is 71.2 Å². The number of benzene rings is 1. The molecule has 0 radical (unpaired) electrons. The molecule has 11 heteroatoms. The molecule has 37 heavy (non-hydrogen) atoms. The predicted molar refractivity (Wildman–Crippen MR) is 149 cm³/mol. The van der Waals surface area contributed by atoms with Crippen LogP contribution in [0.5, 0.6) is 5.75 Å². The number of amides is 2. The maximum Gasteiger partial charge on any atom is 0.410 e. The molecule has 2 atom stereocenters. The molecule has 208 valence electrons. The third-order valence-corrected chi connectivity index (χ3v) is 9.07. The number of anilines is 1. The number of likely N-dealkylation sites (tertiary alicyclic amines) is 2. The zero-order valence-corrected chi connectivity index (χ0v) is 24.9. The molecule has 0 saturated carbocycles. The van der Waals surface area contributed by atoms with Crippen LogP contribution in [-0.2, 0) is 20.5 Å². The van der Waals surface area contributed by atoms with Crippen molar-refractivity contribution < 1.29 is 23.6 Å². The van der Waals surface area contributed by atoms with Crippen molar-refractivity contribution in [1.29, 1.82) is 0 Å². The first kappa shape index (κ1) is 29.8. The molecule has 1 aromatic rings. The molecule has 0 spiro atoms. The molecule has 2 heterocycles. The van der Waals surface area contributed by atoms with Crippen LogP contribution in [0.1, 0.15) is 60.8 Å². The zero-order chi connectivity index (χ0) is 27.7. The van der Waals surface area contributed by atoms with Crippen molar-refractivity contribution in [1.82, 2.24) is 9.80 Å². The van der Waals surface area contributed by atoms with Crippen molar-refractivity contribution in [3.63, 3.8) is 0 Å². The number of carbonyl (C=O) groups excluding carboxylic acids is 2. The molecule has 2 saturated heterocycles. The molecule has 1 N–H and O–H groups in total. The molecule has 3 rings (SSSR count). The number of carbonyl (C=O) groups is 2. The van der Waals surface area contributed by atoms with Crippen LogP contribution in [0.25, 0.3) is 0 Å². The van der Waals surface area contributed by atoms with Gasteiger partial charge in [0.1, 0.15) is 22.3 Å². The summed E-state index contributed by atoms with van der Waals surface area (Å²) in [5, 5.41) is 11.1. The van der Waals surface area contributed by atoms with E-state index in [0.717, 1.165) is 12.8 Å². The first-order valence-corrected chi connectivity index (χ1v) is 14.6. The molecule has 8 nitrogen and oxygen atoms in total. The third kappa shape index (κ3) is 7.67. The largest absolute Gasteiger partial charge is 0.506 e. The van der Waals surface area contributed by atoms with Crippen LogP contribution < -0.4 is 4.31 Å². The van der Waals surface area contributed by atoms with E-state index in [1.807, 2.05) is 46.4 Å². The fraction of sp³-hybridized carbons (Fsp3) is 0.692. The van der Waals surface area contributed by atoms with Gasteiger partial charge in [0.15, 0.2) is 0 Å². The summed E-state index contributed by atoms with van der Waals surface area (Å²) < 4.78 is 20.0. The topological polar surface area (TPSA) is 90.4 Å². The summed E-state index contributed by atoms with van der Waals surface area (Å²) in [5.41, 5.74) is -0.186. The molecule has 1 unspecified atom stereocenters. The number of piperidine rings is 1. The van der Waals surface area contributed by atoms with Crippen molar-refractivity contribution in [2.24, 2.45) is 11.8 Å². The zero-order valence-electron chi connectivity index (χ0n) is 22.6. The van der Waals surface area contributed by atoms with Gasteiger partial charge in [-0.1, -0.05) is 23.2 Å². The predicted octanol–water partition coefficient (Wildman–Crippen LogP) is 5.46. The minimum atomic E-state index is -1.45. The average Bonchev–Trinajstić information content (AvgIpc) is 3.28. The highest BCUT2D eigenvalue weighted by atomic mass is 35.5. The highest BCUT2D eigenvalue weighted by Crippen LogP contribution is 2.39. The number of ether oxygens (including phenoxy) is 1. The Balaban J connectivity index is 1.62. The Kier molecular flexibility index (Phi) is 9.34. The molecule has 0 aromatic heterocycles. The van der Waals surface area contributed by atoms with Gasteiger partial charge in [0.25, 0.3) is 0 Å². The van der Waals surface area contributed by atoms with E-state index in [0.29, 0.717) is 44.8 Å². The van der Waals surface area contributed by atoms with Crippen LogP contribution >= 0.6 is 23.2 Å². The van der Waals surface area contributed by atoms with E-state index in [1.54, 1.807) is 15.3 Å². The number of aromatic hydroxyl groups is 1. The summed E-state index contributed by atoms with van der Waals surface area (Å²) in [7, 11) is -1.45. The number of rotatable bonds is 5. The minimum absolute atomic E-state index is 0.0711. The molecule has 2 amide bonds. The maximum atomic E-state index is 13.4. The molecule has 2 aliphatic heterocycles. The van der Waals surface area contributed by atoms with Crippen LogP contribution in [0.15, 0.2) is 12.1 Å². The van der Waals surface area contributed by atoms with Crippen molar-refractivity contribution in [2.75, 3.05) is 37.0 Å².